The minimum atomic E-state index is -0.500. The number of nitrogens with zero attached hydrogens (tertiary/aromatic N) is 2. The van der Waals surface area contributed by atoms with Crippen molar-refractivity contribution in [3.05, 3.63) is 137 Å². The number of aldehydes is 1. The number of piperidine rings is 3. The smallest absolute Gasteiger partial charge is 0.408 e. The average molecular weight is 676 g/mol. The van der Waals surface area contributed by atoms with Crippen molar-refractivity contribution in [2.75, 3.05) is 39.8 Å². The molecule has 1 N–H and O–H groups in total. The first-order valence-corrected chi connectivity index (χ1v) is 16.9. The molecule has 3 aliphatic heterocycles. The van der Waals surface area contributed by atoms with Crippen LogP contribution < -0.4 is 10.1 Å². The van der Waals surface area contributed by atoms with E-state index in [4.69, 9.17) is 14.2 Å². The molecular formula is C40H41N3O7. The molecule has 1 unspecified atom stereocenters. The molecule has 4 aromatic carbocycles. The minimum Gasteiger partial charge on any atom is -0.489 e. The Bertz CT molecular complexity index is 1790. The van der Waals surface area contributed by atoms with E-state index in [2.05, 4.69) is 10.2 Å². The Hall–Kier alpha value is -5.48. The number of benzene rings is 4. The predicted octanol–water partition coefficient (Wildman–Crippen LogP) is 5.92. The monoisotopic (exact) mass is 675 g/mol. The van der Waals surface area contributed by atoms with E-state index in [1.54, 1.807) is 49.5 Å². The van der Waals surface area contributed by atoms with E-state index < -0.39 is 18.1 Å². The van der Waals surface area contributed by atoms with Gasteiger partial charge in [0, 0.05) is 24.7 Å². The molecule has 3 fully saturated rings. The van der Waals surface area contributed by atoms with E-state index in [0.717, 1.165) is 49.2 Å². The second-order valence-corrected chi connectivity index (χ2v) is 12.7. The van der Waals surface area contributed by atoms with Crippen LogP contribution in [0.4, 0.5) is 4.79 Å². The van der Waals surface area contributed by atoms with Crippen molar-refractivity contribution < 1.29 is 33.4 Å². The van der Waals surface area contributed by atoms with Crippen molar-refractivity contribution in [1.82, 2.24) is 15.1 Å². The van der Waals surface area contributed by atoms with Crippen LogP contribution in [0, 0.1) is 5.92 Å². The number of ether oxygens (including phenoxy) is 3. The van der Waals surface area contributed by atoms with Crippen LogP contribution in [0.2, 0.25) is 0 Å². The number of likely N-dealkylation sites (N-methyl/N-ethyl adjacent to an activating group) is 1. The highest BCUT2D eigenvalue weighted by Crippen LogP contribution is 2.31. The molecule has 3 saturated heterocycles. The third kappa shape index (κ3) is 8.75. The summed E-state index contributed by atoms with van der Waals surface area (Å²) in [4.78, 5) is 53.3. The van der Waals surface area contributed by atoms with Crippen molar-refractivity contribution in [2.24, 2.45) is 5.92 Å². The highest BCUT2D eigenvalue weighted by Gasteiger charge is 2.37. The van der Waals surface area contributed by atoms with Gasteiger partial charge >= 0.3 is 12.1 Å². The second kappa shape index (κ2) is 16.3. The van der Waals surface area contributed by atoms with Gasteiger partial charge < -0.3 is 24.4 Å². The van der Waals surface area contributed by atoms with E-state index in [1.165, 1.54) is 11.0 Å². The van der Waals surface area contributed by atoms with Crippen LogP contribution in [0.5, 0.6) is 5.75 Å². The van der Waals surface area contributed by atoms with Crippen LogP contribution in [-0.2, 0) is 16.1 Å². The lowest BCUT2D eigenvalue weighted by Gasteiger charge is -2.43. The van der Waals surface area contributed by atoms with Crippen LogP contribution in [-0.4, -0.2) is 80.0 Å². The van der Waals surface area contributed by atoms with Crippen LogP contribution in [0.3, 0.4) is 0 Å². The van der Waals surface area contributed by atoms with Crippen molar-refractivity contribution >= 4 is 24.3 Å². The minimum absolute atomic E-state index is 0.0197. The summed E-state index contributed by atoms with van der Waals surface area (Å²) in [5.74, 6) is 0.284. The molecule has 10 nitrogen and oxygen atoms in total. The Morgan fingerprint density at radius 2 is 1.62 bits per heavy atom. The lowest BCUT2D eigenvalue weighted by atomic mass is 9.86. The number of carbonyl (C=O) groups excluding carboxylic acids is 4. The van der Waals surface area contributed by atoms with Gasteiger partial charge in [0.25, 0.3) is 5.91 Å². The second-order valence-electron chi connectivity index (χ2n) is 12.7. The molecule has 4 aromatic rings. The van der Waals surface area contributed by atoms with Gasteiger partial charge in [0.1, 0.15) is 31.4 Å². The number of hydrogen-bond donors (Lipinski definition) is 1. The van der Waals surface area contributed by atoms with Gasteiger partial charge in [0.15, 0.2) is 0 Å². The van der Waals surface area contributed by atoms with Gasteiger partial charge in [-0.1, -0.05) is 66.7 Å². The topological polar surface area (TPSA) is 114 Å². The molecule has 7 rings (SSSR count). The van der Waals surface area contributed by atoms with E-state index in [-0.39, 0.29) is 31.8 Å². The normalized spacial score (nSPS) is 18.4. The molecule has 0 radical (unpaired) electrons. The zero-order valence-corrected chi connectivity index (χ0v) is 28.0. The third-order valence-electron chi connectivity index (χ3n) is 9.31. The molecule has 50 heavy (non-hydrogen) atoms. The largest absolute Gasteiger partial charge is 0.489 e. The van der Waals surface area contributed by atoms with E-state index in [1.807, 2.05) is 54.6 Å². The van der Waals surface area contributed by atoms with Crippen molar-refractivity contribution in [2.45, 2.75) is 31.6 Å². The maximum atomic E-state index is 13.2. The first-order valence-electron chi connectivity index (χ1n) is 16.9. The maximum Gasteiger partial charge on any atom is 0.408 e. The SMILES string of the molecule is CN(CCOC(=O)c1ccc(COc2cccc([C@@H](NC(=O)OC3CN4CCC3CC4)c3ccccc3)c2)cc1)C(=O)c1cccc(C=O)c1. The number of rotatable bonds is 13. The predicted molar refractivity (Wildman–Crippen MR) is 187 cm³/mol. The standard InChI is InChI=1S/C40H41N3O7/c1-42(38(45)34-11-5-7-29(23-34)26-44)21-22-48-39(46)32-15-13-28(14-16-32)27-49-35-12-6-10-33(24-35)37(31-8-3-2-4-9-31)41-40(47)50-36-25-43-19-17-30(36)18-20-43/h2-16,23-24,26,30,36-37H,17-22,25,27H2,1H3,(H,41,47)/t36?,37-/m0/s1. The number of hydrogen-bond acceptors (Lipinski definition) is 8. The lowest BCUT2D eigenvalue weighted by molar-refractivity contribution is -0.0336. The molecule has 2 atom stereocenters. The van der Waals surface area contributed by atoms with Crippen LogP contribution >= 0.6 is 0 Å². The molecule has 0 spiro atoms. The Balaban J connectivity index is 1.01. The zero-order valence-electron chi connectivity index (χ0n) is 28.0. The summed E-state index contributed by atoms with van der Waals surface area (Å²) in [7, 11) is 1.61. The lowest BCUT2D eigenvalue weighted by Crippen LogP contribution is -2.52. The summed E-state index contributed by atoms with van der Waals surface area (Å²) >= 11 is 0. The number of esters is 1. The number of nitrogens with one attached hydrogen (secondary N) is 1. The van der Waals surface area contributed by atoms with Crippen molar-refractivity contribution in [3.63, 3.8) is 0 Å². The van der Waals surface area contributed by atoms with Gasteiger partial charge in [-0.3, -0.25) is 14.5 Å². The van der Waals surface area contributed by atoms with Gasteiger partial charge in [-0.25, -0.2) is 9.59 Å². The third-order valence-corrected chi connectivity index (χ3v) is 9.31. The summed E-state index contributed by atoms with van der Waals surface area (Å²) in [6.45, 7) is 3.43. The number of alkyl carbamates (subject to hydrolysis) is 1. The van der Waals surface area contributed by atoms with E-state index in [9.17, 15) is 19.2 Å². The van der Waals surface area contributed by atoms with Gasteiger partial charge in [-0.05, 0) is 84.9 Å². The van der Waals surface area contributed by atoms with E-state index in [0.29, 0.717) is 34.6 Å². The van der Waals surface area contributed by atoms with Crippen LogP contribution in [0.15, 0.2) is 103 Å². The van der Waals surface area contributed by atoms with Gasteiger partial charge in [0.05, 0.1) is 18.2 Å². The zero-order chi connectivity index (χ0) is 34.9. The fraction of sp³-hybridized carbons (Fsp3) is 0.300. The van der Waals surface area contributed by atoms with Crippen LogP contribution in [0.1, 0.15) is 66.6 Å². The Kier molecular flexibility index (Phi) is 11.2. The van der Waals surface area contributed by atoms with Gasteiger partial charge in [0.2, 0.25) is 0 Å². The highest BCUT2D eigenvalue weighted by atomic mass is 16.6. The maximum absolute atomic E-state index is 13.2. The number of amides is 2. The first kappa shape index (κ1) is 34.4. The highest BCUT2D eigenvalue weighted by molar-refractivity contribution is 5.95. The summed E-state index contributed by atoms with van der Waals surface area (Å²) in [6, 6.07) is 30.4. The van der Waals surface area contributed by atoms with Gasteiger partial charge in [-0.15, -0.1) is 0 Å². The summed E-state index contributed by atoms with van der Waals surface area (Å²) in [5.41, 5.74) is 3.83. The van der Waals surface area contributed by atoms with Gasteiger partial charge in [-0.2, -0.15) is 0 Å². The average Bonchev–Trinajstić information content (AvgIpc) is 3.17. The number of fused-ring (bicyclic) bond motifs is 3. The molecule has 0 aromatic heterocycles. The fourth-order valence-electron chi connectivity index (χ4n) is 6.45. The molecule has 258 valence electrons. The molecular weight excluding hydrogens is 634 g/mol. The molecule has 3 heterocycles. The first-order chi connectivity index (χ1) is 24.4. The number of carbonyl (C=O) groups is 4. The summed E-state index contributed by atoms with van der Waals surface area (Å²) in [5, 5.41) is 3.10. The fourth-order valence-corrected chi connectivity index (χ4v) is 6.45. The summed E-state index contributed by atoms with van der Waals surface area (Å²) < 4.78 is 17.5. The Morgan fingerprint density at radius 1 is 0.880 bits per heavy atom. The van der Waals surface area contributed by atoms with Crippen molar-refractivity contribution in [1.29, 1.82) is 0 Å². The molecule has 0 aliphatic carbocycles. The Morgan fingerprint density at radius 3 is 2.34 bits per heavy atom. The molecule has 2 amide bonds. The van der Waals surface area contributed by atoms with Crippen LogP contribution in [0.25, 0.3) is 0 Å². The van der Waals surface area contributed by atoms with E-state index >= 15 is 0 Å². The molecule has 3 aliphatic rings. The molecule has 0 saturated carbocycles. The van der Waals surface area contributed by atoms with Crippen molar-refractivity contribution in [3.8, 4) is 5.75 Å². The summed E-state index contributed by atoms with van der Waals surface area (Å²) in [6.07, 6.45) is 2.30. The Labute approximate surface area is 291 Å². The quantitative estimate of drug-likeness (QED) is 0.137. The molecule has 2 bridgehead atoms. The molecule has 10 heteroatoms.